The second kappa shape index (κ2) is 8.09. The molecule has 1 aliphatic heterocycles. The third-order valence-electron chi connectivity index (χ3n) is 3.50. The maximum atomic E-state index is 11.8. The van der Waals surface area contributed by atoms with Crippen molar-refractivity contribution in [2.75, 3.05) is 13.1 Å². The molecule has 0 aliphatic carbocycles. The van der Waals surface area contributed by atoms with E-state index in [0.29, 0.717) is 24.9 Å². The molecule has 0 aromatic heterocycles. The molecule has 1 atom stereocenters. The summed E-state index contributed by atoms with van der Waals surface area (Å²) in [4.78, 5) is 48.2. The van der Waals surface area contributed by atoms with E-state index in [-0.39, 0.29) is 12.5 Å². The highest BCUT2D eigenvalue weighted by Crippen LogP contribution is 2.09. The molecule has 0 saturated carbocycles. The summed E-state index contributed by atoms with van der Waals surface area (Å²) in [6, 6.07) is 8.35. The van der Waals surface area contributed by atoms with Crippen molar-refractivity contribution in [3.8, 4) is 0 Å². The van der Waals surface area contributed by atoms with Crippen LogP contribution in [0.3, 0.4) is 0 Å². The number of benzene rings is 1. The first-order valence-corrected chi connectivity index (χ1v) is 7.60. The molecule has 1 aliphatic rings. The molecule has 1 aromatic rings. The Hall–Kier alpha value is -2.90. The highest BCUT2D eigenvalue weighted by molar-refractivity contribution is 5.95. The van der Waals surface area contributed by atoms with Crippen LogP contribution in [0.4, 0.5) is 0 Å². The Morgan fingerprint density at radius 3 is 2.54 bits per heavy atom. The van der Waals surface area contributed by atoms with Crippen molar-refractivity contribution in [1.82, 2.24) is 15.8 Å². The van der Waals surface area contributed by atoms with Crippen LogP contribution in [0.15, 0.2) is 30.3 Å². The van der Waals surface area contributed by atoms with Gasteiger partial charge in [0.05, 0.1) is 0 Å². The van der Waals surface area contributed by atoms with Crippen LogP contribution < -0.4 is 10.9 Å². The fourth-order valence-corrected chi connectivity index (χ4v) is 2.20. The summed E-state index contributed by atoms with van der Waals surface area (Å²) >= 11 is 0. The summed E-state index contributed by atoms with van der Waals surface area (Å²) in [7, 11) is 0. The summed E-state index contributed by atoms with van der Waals surface area (Å²) in [5, 5.41) is 0. The van der Waals surface area contributed by atoms with Crippen LogP contribution in [0, 0.1) is 0 Å². The molecule has 128 valence electrons. The molecule has 3 amide bonds. The van der Waals surface area contributed by atoms with E-state index in [2.05, 4.69) is 10.9 Å². The van der Waals surface area contributed by atoms with Gasteiger partial charge < -0.3 is 9.64 Å². The number of hydrogen-bond donors (Lipinski definition) is 2. The van der Waals surface area contributed by atoms with Crippen molar-refractivity contribution in [3.63, 3.8) is 0 Å². The number of carbonyl (C=O) groups excluding carboxylic acids is 4. The van der Waals surface area contributed by atoms with Crippen molar-refractivity contribution in [3.05, 3.63) is 35.9 Å². The Labute approximate surface area is 139 Å². The van der Waals surface area contributed by atoms with Crippen molar-refractivity contribution >= 4 is 23.7 Å². The molecule has 0 unspecified atom stereocenters. The number of hydrogen-bond acceptors (Lipinski definition) is 5. The molecule has 2 rings (SSSR count). The molecule has 0 bridgehead atoms. The zero-order chi connectivity index (χ0) is 17.5. The first-order chi connectivity index (χ1) is 11.5. The van der Waals surface area contributed by atoms with Gasteiger partial charge in [0, 0.05) is 18.5 Å². The summed E-state index contributed by atoms with van der Waals surface area (Å²) in [5.41, 5.74) is 4.82. The minimum absolute atomic E-state index is 0.0980. The number of esters is 1. The predicted molar refractivity (Wildman–Crippen MR) is 83.4 cm³/mol. The minimum atomic E-state index is -1.09. The molecule has 1 saturated heterocycles. The molecule has 0 spiro atoms. The summed E-state index contributed by atoms with van der Waals surface area (Å²) in [6.45, 7) is 1.72. The van der Waals surface area contributed by atoms with Gasteiger partial charge in [0.15, 0.2) is 6.10 Å². The number of nitrogens with zero attached hydrogens (tertiary/aromatic N) is 1. The molecule has 1 aromatic carbocycles. The molecule has 8 heteroatoms. The molecule has 1 fully saturated rings. The summed E-state index contributed by atoms with van der Waals surface area (Å²) < 4.78 is 4.96. The van der Waals surface area contributed by atoms with E-state index in [4.69, 9.17) is 4.74 Å². The lowest BCUT2D eigenvalue weighted by atomic mass is 10.2. The van der Waals surface area contributed by atoms with Crippen LogP contribution in [-0.4, -0.2) is 47.8 Å². The van der Waals surface area contributed by atoms with Gasteiger partial charge in [-0.05, 0) is 25.5 Å². The Morgan fingerprint density at radius 1 is 1.21 bits per heavy atom. The number of amides is 3. The fourth-order valence-electron chi connectivity index (χ4n) is 2.20. The van der Waals surface area contributed by atoms with Gasteiger partial charge in [-0.15, -0.1) is 0 Å². The van der Waals surface area contributed by atoms with Gasteiger partial charge in [-0.1, -0.05) is 18.2 Å². The number of nitrogens with one attached hydrogen (secondary N) is 2. The molecule has 0 radical (unpaired) electrons. The topological polar surface area (TPSA) is 105 Å². The Morgan fingerprint density at radius 2 is 1.92 bits per heavy atom. The van der Waals surface area contributed by atoms with E-state index < -0.39 is 23.9 Å². The highest BCUT2D eigenvalue weighted by Gasteiger charge is 2.25. The highest BCUT2D eigenvalue weighted by atomic mass is 16.5. The lowest BCUT2D eigenvalue weighted by Gasteiger charge is -2.17. The molecular weight excluding hydrogens is 314 g/mol. The van der Waals surface area contributed by atoms with Gasteiger partial charge in [-0.2, -0.15) is 0 Å². The maximum absolute atomic E-state index is 11.8. The van der Waals surface area contributed by atoms with Crippen LogP contribution in [0.25, 0.3) is 0 Å². The van der Waals surface area contributed by atoms with E-state index in [0.717, 1.165) is 0 Å². The van der Waals surface area contributed by atoms with Gasteiger partial charge >= 0.3 is 5.97 Å². The number of hydrazine groups is 1. The molecule has 8 nitrogen and oxygen atoms in total. The zero-order valence-corrected chi connectivity index (χ0v) is 13.3. The fraction of sp³-hybridized carbons (Fsp3) is 0.375. The van der Waals surface area contributed by atoms with Gasteiger partial charge in [-0.3, -0.25) is 30.0 Å². The van der Waals surface area contributed by atoms with Crippen LogP contribution in [-0.2, 0) is 19.1 Å². The lowest BCUT2D eigenvalue weighted by Crippen LogP contribution is -2.47. The number of ether oxygens (including phenoxy) is 1. The molecule has 1 heterocycles. The normalized spacial score (nSPS) is 14.9. The predicted octanol–water partition coefficient (Wildman–Crippen LogP) is 0.00170. The van der Waals surface area contributed by atoms with Gasteiger partial charge in [0.2, 0.25) is 5.91 Å². The smallest absolute Gasteiger partial charge is 0.326 e. The van der Waals surface area contributed by atoms with Gasteiger partial charge in [-0.25, -0.2) is 0 Å². The van der Waals surface area contributed by atoms with Crippen LogP contribution in [0.5, 0.6) is 0 Å². The van der Waals surface area contributed by atoms with E-state index in [1.165, 1.54) is 11.8 Å². The Kier molecular flexibility index (Phi) is 5.89. The maximum Gasteiger partial charge on any atom is 0.326 e. The number of rotatable bonds is 5. The van der Waals surface area contributed by atoms with Crippen LogP contribution in [0.1, 0.15) is 30.1 Å². The first-order valence-electron chi connectivity index (χ1n) is 7.60. The summed E-state index contributed by atoms with van der Waals surface area (Å²) in [6.07, 6.45) is 0.0500. The first kappa shape index (κ1) is 17.5. The largest absolute Gasteiger partial charge is 0.451 e. The average molecular weight is 333 g/mol. The minimum Gasteiger partial charge on any atom is -0.451 e. The van der Waals surface area contributed by atoms with Crippen molar-refractivity contribution < 1.29 is 23.9 Å². The van der Waals surface area contributed by atoms with E-state index in [1.54, 1.807) is 30.3 Å². The summed E-state index contributed by atoms with van der Waals surface area (Å²) in [5.74, 6) is -1.91. The van der Waals surface area contributed by atoms with E-state index in [9.17, 15) is 19.2 Å². The number of likely N-dealkylation sites (tertiary alicyclic amines) is 1. The van der Waals surface area contributed by atoms with Crippen molar-refractivity contribution in [2.24, 2.45) is 0 Å². The molecule has 2 N–H and O–H groups in total. The Balaban J connectivity index is 1.74. The van der Waals surface area contributed by atoms with Crippen molar-refractivity contribution in [1.29, 1.82) is 0 Å². The van der Waals surface area contributed by atoms with Crippen LogP contribution in [0.2, 0.25) is 0 Å². The SMILES string of the molecule is C[C@@H](OC(=O)CN1CCCC1=O)C(=O)NNC(=O)c1ccccc1. The Bertz CT molecular complexity index is 632. The zero-order valence-electron chi connectivity index (χ0n) is 13.3. The van der Waals surface area contributed by atoms with E-state index >= 15 is 0 Å². The van der Waals surface area contributed by atoms with E-state index in [1.807, 2.05) is 0 Å². The molecular formula is C16H19N3O5. The second-order valence-electron chi connectivity index (χ2n) is 5.36. The quantitative estimate of drug-likeness (QED) is 0.583. The molecule has 24 heavy (non-hydrogen) atoms. The average Bonchev–Trinajstić information content (AvgIpc) is 2.97. The van der Waals surface area contributed by atoms with Crippen LogP contribution >= 0.6 is 0 Å². The second-order valence-corrected chi connectivity index (χ2v) is 5.36. The van der Waals surface area contributed by atoms with Gasteiger partial charge in [0.1, 0.15) is 6.54 Å². The third kappa shape index (κ3) is 4.80. The van der Waals surface area contributed by atoms with Crippen molar-refractivity contribution in [2.45, 2.75) is 25.9 Å². The monoisotopic (exact) mass is 333 g/mol. The van der Waals surface area contributed by atoms with Gasteiger partial charge in [0.25, 0.3) is 11.8 Å². The lowest BCUT2D eigenvalue weighted by molar-refractivity contribution is -0.157. The third-order valence-corrected chi connectivity index (χ3v) is 3.50. The number of carbonyl (C=O) groups is 4. The standard InChI is InChI=1S/C16H19N3O5/c1-11(24-14(21)10-19-9-5-8-13(19)20)15(22)17-18-16(23)12-6-3-2-4-7-12/h2-4,6-7,11H,5,8-10H2,1H3,(H,17,22)(H,18,23)/t11-/m1/s1.